The summed E-state index contributed by atoms with van der Waals surface area (Å²) in [5.41, 5.74) is -2.29. The van der Waals surface area contributed by atoms with Crippen molar-refractivity contribution in [3.05, 3.63) is 35.1 Å². The number of halogens is 5. The third-order valence-electron chi connectivity index (χ3n) is 2.51. The van der Waals surface area contributed by atoms with E-state index in [2.05, 4.69) is 12.1 Å². The number of alkyl halides is 4. The van der Waals surface area contributed by atoms with Gasteiger partial charge in [-0.05, 0) is 18.6 Å². The molecule has 0 saturated carbocycles. The van der Waals surface area contributed by atoms with Gasteiger partial charge in [-0.2, -0.15) is 13.2 Å². The quantitative estimate of drug-likeness (QED) is 0.487. The van der Waals surface area contributed by atoms with Crippen LogP contribution in [0.15, 0.2) is 18.2 Å². The molecule has 0 heterocycles. The van der Waals surface area contributed by atoms with Gasteiger partial charge in [0.05, 0.1) is 11.3 Å². The van der Waals surface area contributed by atoms with Crippen LogP contribution in [0.2, 0.25) is 0 Å². The van der Waals surface area contributed by atoms with Crippen LogP contribution in [-0.2, 0) is 22.0 Å². The second kappa shape index (κ2) is 9.32. The summed E-state index contributed by atoms with van der Waals surface area (Å²) in [4.78, 5) is 0. The van der Waals surface area contributed by atoms with Crippen LogP contribution >= 0.6 is 11.6 Å². The minimum absolute atomic E-state index is 0.601. The molecule has 128 valence electrons. The number of hydrogen-bond acceptors (Lipinski definition) is 2. The summed E-state index contributed by atoms with van der Waals surface area (Å²) in [7, 11) is -4.22. The van der Waals surface area contributed by atoms with Gasteiger partial charge in [0.15, 0.2) is 0 Å². The molecule has 1 aromatic rings. The van der Waals surface area contributed by atoms with E-state index < -0.39 is 38.9 Å². The van der Waals surface area contributed by atoms with Crippen molar-refractivity contribution >= 4 is 21.6 Å². The molecule has 0 saturated heterocycles. The van der Waals surface area contributed by atoms with Crippen LogP contribution in [0.3, 0.4) is 0 Å². The first-order valence-corrected chi connectivity index (χ1v) is 8.69. The molecular weight excluding hydrogens is 346 g/mol. The zero-order chi connectivity index (χ0) is 17.4. The maximum Gasteiger partial charge on any atom is 0.416 e. The third-order valence-corrected chi connectivity index (χ3v) is 3.47. The van der Waals surface area contributed by atoms with Gasteiger partial charge in [-0.3, -0.25) is 0 Å². The van der Waals surface area contributed by atoms with Crippen LogP contribution < -0.4 is 5.14 Å². The third kappa shape index (κ3) is 8.55. The molecule has 3 nitrogen and oxygen atoms in total. The number of unbranched alkanes of at least 4 members (excludes halogenated alkanes) is 2. The predicted octanol–water partition coefficient (Wildman–Crippen LogP) is 4.05. The van der Waals surface area contributed by atoms with Crippen LogP contribution in [-0.4, -0.2) is 14.3 Å². The molecule has 0 bridgehead atoms. The lowest BCUT2D eigenvalue weighted by molar-refractivity contribution is -0.138. The van der Waals surface area contributed by atoms with Crippen molar-refractivity contribution in [2.75, 3.05) is 5.88 Å². The molecule has 0 unspecified atom stereocenters. The van der Waals surface area contributed by atoms with Gasteiger partial charge in [-0.15, -0.1) is 11.6 Å². The summed E-state index contributed by atoms with van der Waals surface area (Å²) in [6.07, 6.45) is -1.09. The monoisotopic (exact) mass is 363 g/mol. The summed E-state index contributed by atoms with van der Waals surface area (Å²) in [6, 6.07) is 2.20. The highest BCUT2D eigenvalue weighted by molar-refractivity contribution is 7.88. The standard InChI is InChI=1S/C8H7F4NO2S.C5H11Cl/c9-7-3-1-2-6(8(10,11)12)5(7)4-16(13,14)15;1-2-3-4-5-6/h1-3H,4H2,(H2,13,14,15);2-5H2,1H3. The molecule has 9 heteroatoms. The number of hydrogen-bond donors (Lipinski definition) is 1. The highest BCUT2D eigenvalue weighted by Crippen LogP contribution is 2.33. The van der Waals surface area contributed by atoms with Gasteiger partial charge < -0.3 is 0 Å². The first kappa shape index (κ1) is 21.1. The molecule has 0 spiro atoms. The SMILES string of the molecule is CCCCCCl.NS(=O)(=O)Cc1c(F)cccc1C(F)(F)F. The minimum atomic E-state index is -4.82. The van der Waals surface area contributed by atoms with Crippen molar-refractivity contribution in [1.82, 2.24) is 0 Å². The lowest BCUT2D eigenvalue weighted by Gasteiger charge is -2.12. The first-order chi connectivity index (χ1) is 10.0. The number of rotatable bonds is 5. The van der Waals surface area contributed by atoms with Gasteiger partial charge in [0.1, 0.15) is 5.82 Å². The number of primary sulfonamides is 1. The predicted molar refractivity (Wildman–Crippen MR) is 78.5 cm³/mol. The Morgan fingerprint density at radius 2 is 1.82 bits per heavy atom. The number of sulfonamides is 1. The fraction of sp³-hybridized carbons (Fsp3) is 0.538. The van der Waals surface area contributed by atoms with Crippen LogP contribution in [0, 0.1) is 5.82 Å². The molecule has 0 aliphatic carbocycles. The molecule has 0 aliphatic heterocycles. The van der Waals surface area contributed by atoms with Crippen molar-refractivity contribution in [3.8, 4) is 0 Å². The van der Waals surface area contributed by atoms with E-state index in [1.165, 1.54) is 19.3 Å². The van der Waals surface area contributed by atoms with Gasteiger partial charge in [-0.25, -0.2) is 17.9 Å². The Morgan fingerprint density at radius 3 is 2.18 bits per heavy atom. The molecule has 0 aromatic heterocycles. The van der Waals surface area contributed by atoms with Crippen molar-refractivity contribution in [2.24, 2.45) is 5.14 Å². The zero-order valence-electron chi connectivity index (χ0n) is 12.0. The van der Waals surface area contributed by atoms with E-state index in [0.717, 1.165) is 18.0 Å². The molecule has 22 heavy (non-hydrogen) atoms. The molecular formula is C13H18ClF4NO2S. The maximum atomic E-state index is 13.1. The summed E-state index contributed by atoms with van der Waals surface area (Å²) in [5.74, 6) is -1.61. The van der Waals surface area contributed by atoms with Gasteiger partial charge in [0, 0.05) is 11.4 Å². The fourth-order valence-corrected chi connectivity index (χ4v) is 2.40. The van der Waals surface area contributed by atoms with Crippen LogP contribution in [0.25, 0.3) is 0 Å². The fourth-order valence-electron chi connectivity index (χ4n) is 1.52. The lowest BCUT2D eigenvalue weighted by atomic mass is 10.1. The van der Waals surface area contributed by atoms with Crippen molar-refractivity contribution < 1.29 is 26.0 Å². The van der Waals surface area contributed by atoms with E-state index in [0.29, 0.717) is 6.07 Å². The summed E-state index contributed by atoms with van der Waals surface area (Å²) >= 11 is 5.38. The molecule has 2 N–H and O–H groups in total. The minimum Gasteiger partial charge on any atom is -0.228 e. The highest BCUT2D eigenvalue weighted by atomic mass is 35.5. The molecule has 0 fully saturated rings. The number of nitrogens with two attached hydrogens (primary N) is 1. The van der Waals surface area contributed by atoms with Crippen LogP contribution in [0.4, 0.5) is 17.6 Å². The van der Waals surface area contributed by atoms with E-state index in [1.54, 1.807) is 0 Å². The van der Waals surface area contributed by atoms with E-state index in [-0.39, 0.29) is 0 Å². The average molecular weight is 364 g/mol. The molecule has 0 aliphatic rings. The summed E-state index contributed by atoms with van der Waals surface area (Å²) in [6.45, 7) is 2.17. The second-order valence-electron chi connectivity index (χ2n) is 4.47. The Balaban J connectivity index is 0.000000626. The van der Waals surface area contributed by atoms with E-state index in [1.807, 2.05) is 0 Å². The average Bonchev–Trinajstić information content (AvgIpc) is 2.36. The molecule has 0 amide bonds. The Hall–Kier alpha value is -0.860. The Labute approximate surface area is 132 Å². The van der Waals surface area contributed by atoms with Crippen molar-refractivity contribution in [3.63, 3.8) is 0 Å². The molecule has 1 rings (SSSR count). The molecule has 0 atom stereocenters. The van der Waals surface area contributed by atoms with Crippen LogP contribution in [0.5, 0.6) is 0 Å². The largest absolute Gasteiger partial charge is 0.416 e. The molecule has 0 radical (unpaired) electrons. The molecule has 1 aromatic carbocycles. The van der Waals surface area contributed by atoms with Crippen molar-refractivity contribution in [1.29, 1.82) is 0 Å². The van der Waals surface area contributed by atoms with Gasteiger partial charge in [-0.1, -0.05) is 25.8 Å². The van der Waals surface area contributed by atoms with Gasteiger partial charge in [0.2, 0.25) is 10.0 Å². The van der Waals surface area contributed by atoms with E-state index in [9.17, 15) is 26.0 Å². The Kier molecular flexibility index (Phi) is 8.95. The Bertz CT molecular complexity index is 558. The summed E-state index contributed by atoms with van der Waals surface area (Å²) < 4.78 is 71.6. The normalized spacial score (nSPS) is 11.8. The topological polar surface area (TPSA) is 60.2 Å². The van der Waals surface area contributed by atoms with Crippen LogP contribution in [0.1, 0.15) is 37.3 Å². The van der Waals surface area contributed by atoms with Gasteiger partial charge >= 0.3 is 6.18 Å². The van der Waals surface area contributed by atoms with E-state index in [4.69, 9.17) is 11.6 Å². The number of benzene rings is 1. The Morgan fingerprint density at radius 1 is 1.23 bits per heavy atom. The smallest absolute Gasteiger partial charge is 0.228 e. The first-order valence-electron chi connectivity index (χ1n) is 6.44. The summed E-state index contributed by atoms with van der Waals surface area (Å²) in [5, 5.41) is 4.59. The lowest BCUT2D eigenvalue weighted by Crippen LogP contribution is -2.19. The van der Waals surface area contributed by atoms with Crippen molar-refractivity contribution in [2.45, 2.75) is 38.1 Å². The zero-order valence-corrected chi connectivity index (χ0v) is 13.5. The van der Waals surface area contributed by atoms with Gasteiger partial charge in [0.25, 0.3) is 0 Å². The highest BCUT2D eigenvalue weighted by Gasteiger charge is 2.35. The van der Waals surface area contributed by atoms with E-state index >= 15 is 0 Å². The second-order valence-corrected chi connectivity index (χ2v) is 6.46. The maximum absolute atomic E-state index is 13.1.